The highest BCUT2D eigenvalue weighted by atomic mass is 19.4. The maximum absolute atomic E-state index is 13.3. The van der Waals surface area contributed by atoms with Gasteiger partial charge in [0.05, 0.1) is 17.6 Å². The molecule has 4 N–H and O–H groups in total. The zero-order valence-electron chi connectivity index (χ0n) is 22.4. The number of carboxylic acid groups (broad SMARTS) is 1. The van der Waals surface area contributed by atoms with Crippen LogP contribution in [0.25, 0.3) is 11.0 Å². The first kappa shape index (κ1) is 30.6. The van der Waals surface area contributed by atoms with Gasteiger partial charge < -0.3 is 30.4 Å². The number of hydrogen-bond acceptors (Lipinski definition) is 6. The van der Waals surface area contributed by atoms with Crippen molar-refractivity contribution in [1.82, 2.24) is 25.5 Å². The molecule has 0 radical (unpaired) electrons. The molecule has 14 heteroatoms. The van der Waals surface area contributed by atoms with Crippen LogP contribution >= 0.6 is 0 Å². The average Bonchev–Trinajstić information content (AvgIpc) is 3.40. The number of rotatable bonds is 11. The lowest BCUT2D eigenvalue weighted by Gasteiger charge is -2.23. The summed E-state index contributed by atoms with van der Waals surface area (Å²) in [5, 5.41) is 14.0. The van der Waals surface area contributed by atoms with Gasteiger partial charge in [-0.1, -0.05) is 54.6 Å². The number of amides is 3. The number of benzene rings is 3. The van der Waals surface area contributed by atoms with Crippen molar-refractivity contribution in [3.8, 4) is 0 Å². The van der Waals surface area contributed by atoms with E-state index in [4.69, 9.17) is 4.74 Å². The Morgan fingerprint density at radius 2 is 1.58 bits per heavy atom. The third kappa shape index (κ3) is 8.55. The number of aliphatic carboxylic acids is 1. The molecule has 0 bridgehead atoms. The molecular weight excluding hydrogens is 571 g/mol. The van der Waals surface area contributed by atoms with Crippen LogP contribution in [-0.4, -0.2) is 62.6 Å². The molecule has 43 heavy (non-hydrogen) atoms. The molecule has 0 fully saturated rings. The van der Waals surface area contributed by atoms with E-state index in [9.17, 15) is 37.5 Å². The first-order valence-corrected chi connectivity index (χ1v) is 12.9. The van der Waals surface area contributed by atoms with Crippen LogP contribution in [0.15, 0.2) is 78.9 Å². The fourth-order valence-electron chi connectivity index (χ4n) is 4.03. The molecule has 0 saturated carbocycles. The molecule has 3 aromatic carbocycles. The van der Waals surface area contributed by atoms with Crippen molar-refractivity contribution in [2.75, 3.05) is 6.54 Å². The number of carbonyl (C=O) groups excluding carboxylic acids is 3. The second-order valence-electron chi connectivity index (χ2n) is 9.36. The maximum Gasteiger partial charge on any atom is 0.471 e. The Morgan fingerprint density at radius 1 is 0.907 bits per heavy atom. The number of alkyl carbamates (subject to hydrolysis) is 1. The topological polar surface area (TPSA) is 154 Å². The number of nitrogens with zero attached hydrogens (tertiary/aromatic N) is 2. The van der Waals surface area contributed by atoms with Gasteiger partial charge in [0.25, 0.3) is 5.91 Å². The summed E-state index contributed by atoms with van der Waals surface area (Å²) >= 11 is 0. The number of imidazole rings is 1. The minimum atomic E-state index is -5.12. The summed E-state index contributed by atoms with van der Waals surface area (Å²) in [7, 11) is 0. The second kappa shape index (κ2) is 13.5. The highest BCUT2D eigenvalue weighted by Crippen LogP contribution is 2.22. The SMILES string of the molecule is O=C(NC(CNC(=O)c1ccc(CN(Cc2nc3ccccc3[nH]2)C(=O)C(F)(F)F)cc1)C(=O)O)OCc1ccccc1. The molecule has 4 aromatic rings. The van der Waals surface area contributed by atoms with Gasteiger partial charge in [-0.2, -0.15) is 13.2 Å². The van der Waals surface area contributed by atoms with Crippen LogP contribution in [0.3, 0.4) is 0 Å². The molecule has 1 aromatic heterocycles. The number of fused-ring (bicyclic) bond motifs is 1. The zero-order valence-corrected chi connectivity index (χ0v) is 22.4. The smallest absolute Gasteiger partial charge is 0.471 e. The van der Waals surface area contributed by atoms with E-state index in [1.165, 1.54) is 24.3 Å². The molecule has 4 rings (SSSR count). The van der Waals surface area contributed by atoms with Crippen molar-refractivity contribution >= 4 is 34.9 Å². The highest BCUT2D eigenvalue weighted by Gasteiger charge is 2.42. The van der Waals surface area contributed by atoms with Gasteiger partial charge in [0.2, 0.25) is 0 Å². The molecule has 224 valence electrons. The van der Waals surface area contributed by atoms with E-state index in [0.29, 0.717) is 27.1 Å². The summed E-state index contributed by atoms with van der Waals surface area (Å²) in [6, 6.07) is 19.5. The minimum Gasteiger partial charge on any atom is -0.480 e. The van der Waals surface area contributed by atoms with Gasteiger partial charge in [-0.05, 0) is 35.4 Å². The van der Waals surface area contributed by atoms with Crippen LogP contribution in [0.1, 0.15) is 27.3 Å². The average molecular weight is 598 g/mol. The first-order valence-electron chi connectivity index (χ1n) is 12.9. The van der Waals surface area contributed by atoms with E-state index >= 15 is 0 Å². The molecule has 0 aliphatic carbocycles. The van der Waals surface area contributed by atoms with Crippen LogP contribution in [0, 0.1) is 0 Å². The van der Waals surface area contributed by atoms with Crippen molar-refractivity contribution in [3.63, 3.8) is 0 Å². The number of H-pyrrole nitrogens is 1. The number of carboxylic acids is 1. The molecule has 0 saturated heterocycles. The number of hydrogen-bond donors (Lipinski definition) is 4. The van der Waals surface area contributed by atoms with Gasteiger partial charge >= 0.3 is 24.1 Å². The summed E-state index contributed by atoms with van der Waals surface area (Å²) in [6.07, 6.45) is -6.11. The Kier molecular flexibility index (Phi) is 9.60. The Hall–Kier alpha value is -5.40. The molecular formula is C29H26F3N5O6. The molecule has 0 spiro atoms. The van der Waals surface area contributed by atoms with Crippen LogP contribution in [0.2, 0.25) is 0 Å². The van der Waals surface area contributed by atoms with Gasteiger partial charge in [-0.3, -0.25) is 9.59 Å². The number of alkyl halides is 3. The van der Waals surface area contributed by atoms with Gasteiger partial charge in [-0.15, -0.1) is 0 Å². The molecule has 0 aliphatic rings. The van der Waals surface area contributed by atoms with Crippen molar-refractivity contribution in [3.05, 3.63) is 101 Å². The molecule has 3 amide bonds. The largest absolute Gasteiger partial charge is 0.480 e. The normalized spacial score (nSPS) is 11.9. The summed E-state index contributed by atoms with van der Waals surface area (Å²) in [5.74, 6) is -3.99. The number of nitrogens with one attached hydrogen (secondary N) is 3. The Balaban J connectivity index is 1.35. The fourth-order valence-corrected chi connectivity index (χ4v) is 4.03. The van der Waals surface area contributed by atoms with Gasteiger partial charge in [0, 0.05) is 18.7 Å². The summed E-state index contributed by atoms with van der Waals surface area (Å²) in [6.45, 7) is -1.41. The monoisotopic (exact) mass is 597 g/mol. The lowest BCUT2D eigenvalue weighted by molar-refractivity contribution is -0.186. The lowest BCUT2D eigenvalue weighted by atomic mass is 10.1. The number of ether oxygens (including phenoxy) is 1. The number of aromatic amines is 1. The Labute approximate surface area is 242 Å². The van der Waals surface area contributed by atoms with Crippen molar-refractivity contribution in [2.45, 2.75) is 31.9 Å². The highest BCUT2D eigenvalue weighted by molar-refractivity contribution is 5.94. The summed E-state index contributed by atoms with van der Waals surface area (Å²) in [5.41, 5.74) is 2.22. The van der Waals surface area contributed by atoms with E-state index in [1.54, 1.807) is 54.6 Å². The van der Waals surface area contributed by atoms with E-state index in [2.05, 4.69) is 20.6 Å². The fraction of sp³-hybridized carbons (Fsp3) is 0.207. The van der Waals surface area contributed by atoms with E-state index in [-0.39, 0.29) is 18.0 Å². The van der Waals surface area contributed by atoms with Crippen LogP contribution < -0.4 is 10.6 Å². The predicted octanol–water partition coefficient (Wildman–Crippen LogP) is 3.76. The molecule has 11 nitrogen and oxygen atoms in total. The van der Waals surface area contributed by atoms with Crippen LogP contribution in [0.4, 0.5) is 18.0 Å². The van der Waals surface area contributed by atoms with Gasteiger partial charge in [0.1, 0.15) is 18.5 Å². The third-order valence-corrected chi connectivity index (χ3v) is 6.17. The second-order valence-corrected chi connectivity index (χ2v) is 9.36. The van der Waals surface area contributed by atoms with Crippen molar-refractivity contribution in [1.29, 1.82) is 0 Å². The third-order valence-electron chi connectivity index (χ3n) is 6.17. The Bertz CT molecular complexity index is 1560. The first-order chi connectivity index (χ1) is 20.5. The molecule has 1 atom stereocenters. The number of halogens is 3. The van der Waals surface area contributed by atoms with Crippen LogP contribution in [-0.2, 0) is 34.0 Å². The zero-order chi connectivity index (χ0) is 31.0. The molecule has 0 aliphatic heterocycles. The molecule has 1 heterocycles. The number of carbonyl (C=O) groups is 4. The van der Waals surface area contributed by atoms with Crippen LogP contribution in [0.5, 0.6) is 0 Å². The Morgan fingerprint density at radius 3 is 2.23 bits per heavy atom. The summed E-state index contributed by atoms with van der Waals surface area (Å²) in [4.78, 5) is 56.1. The van der Waals surface area contributed by atoms with Gasteiger partial charge in [0.15, 0.2) is 0 Å². The van der Waals surface area contributed by atoms with E-state index in [0.717, 1.165) is 0 Å². The van der Waals surface area contributed by atoms with Gasteiger partial charge in [-0.25, -0.2) is 14.6 Å². The number of aromatic nitrogens is 2. The lowest BCUT2D eigenvalue weighted by Crippen LogP contribution is -2.48. The molecule has 1 unspecified atom stereocenters. The number of para-hydroxylation sites is 2. The summed E-state index contributed by atoms with van der Waals surface area (Å²) < 4.78 is 45.0. The quantitative estimate of drug-likeness (QED) is 0.205. The standard InChI is InChI=1S/C29H26F3N5O6/c30-29(31,32)27(41)37(16-24-34-21-8-4-5-9-22(21)35-24)15-18-10-12-20(13-11-18)25(38)33-14-23(26(39)40)36-28(42)43-17-19-6-2-1-3-7-19/h1-13,23H,14-17H2,(H,33,38)(H,34,35)(H,36,42)(H,39,40). The van der Waals surface area contributed by atoms with E-state index in [1.807, 2.05) is 0 Å². The maximum atomic E-state index is 13.3. The van der Waals surface area contributed by atoms with E-state index < -0.39 is 55.7 Å². The van der Waals surface area contributed by atoms with Crippen molar-refractivity contribution in [2.24, 2.45) is 0 Å². The minimum absolute atomic E-state index is 0.0746. The van der Waals surface area contributed by atoms with Crippen molar-refractivity contribution < 1.29 is 42.2 Å². The predicted molar refractivity (Wildman–Crippen MR) is 146 cm³/mol.